The first kappa shape index (κ1) is 30.4. The van der Waals surface area contributed by atoms with Crippen molar-refractivity contribution in [2.24, 2.45) is 0 Å². The van der Waals surface area contributed by atoms with E-state index >= 15 is 0 Å². The maximum atomic E-state index is 13.8. The summed E-state index contributed by atoms with van der Waals surface area (Å²) >= 11 is 3.10. The number of H-pyrrole nitrogens is 1. The van der Waals surface area contributed by atoms with Gasteiger partial charge in [0, 0.05) is 12.6 Å². The second-order valence-corrected chi connectivity index (χ2v) is 11.9. The van der Waals surface area contributed by atoms with E-state index in [0.717, 1.165) is 36.7 Å². The fraction of sp³-hybridized carbons (Fsp3) is 0.500. The predicted molar refractivity (Wildman–Crippen MR) is 150 cm³/mol. The minimum Gasteiger partial charge on any atom is -0.461 e. The molecule has 218 valence electrons. The summed E-state index contributed by atoms with van der Waals surface area (Å²) in [7, 11) is -4.18. The molecule has 14 heteroatoms. The molecule has 0 bridgehead atoms. The van der Waals surface area contributed by atoms with Crippen molar-refractivity contribution in [3.8, 4) is 5.75 Å². The predicted octanol–water partition coefficient (Wildman–Crippen LogP) is 3.61. The first-order valence-corrected chi connectivity index (χ1v) is 15.6. The zero-order valence-corrected chi connectivity index (χ0v) is 24.4. The number of nitrogens with zero attached hydrogens (tertiary/aromatic N) is 1. The number of aliphatic hydroxyl groups excluding tert-OH is 1. The van der Waals surface area contributed by atoms with E-state index < -0.39 is 49.4 Å². The van der Waals surface area contributed by atoms with Gasteiger partial charge < -0.3 is 19.1 Å². The van der Waals surface area contributed by atoms with E-state index in [4.69, 9.17) is 18.5 Å². The highest BCUT2D eigenvalue weighted by Gasteiger charge is 2.40. The fourth-order valence-electron chi connectivity index (χ4n) is 4.56. The SMILES string of the molecule is C[C@H](NP(=O)(OC[C@H]1O[C@@H](n2cc(/C=C/Br)c(=O)[nH]c2=O)C[C@@H]1O)Oc1ccccc1)C(=O)OC1CCCCC1. The summed E-state index contributed by atoms with van der Waals surface area (Å²) in [6.45, 7) is 1.12. The fourth-order valence-corrected chi connectivity index (χ4v) is 6.35. The van der Waals surface area contributed by atoms with Crippen molar-refractivity contribution in [3.05, 3.63) is 67.9 Å². The molecule has 1 aromatic carbocycles. The van der Waals surface area contributed by atoms with Crippen LogP contribution in [0.1, 0.15) is 57.2 Å². The lowest BCUT2D eigenvalue weighted by molar-refractivity contribution is -0.152. The third-order valence-electron chi connectivity index (χ3n) is 6.67. The summed E-state index contributed by atoms with van der Waals surface area (Å²) in [6, 6.07) is 7.30. The zero-order valence-electron chi connectivity index (χ0n) is 21.9. The van der Waals surface area contributed by atoms with Gasteiger partial charge in [-0.15, -0.1) is 0 Å². The van der Waals surface area contributed by atoms with Crippen LogP contribution in [0, 0.1) is 0 Å². The highest BCUT2D eigenvalue weighted by atomic mass is 79.9. The van der Waals surface area contributed by atoms with Gasteiger partial charge in [0.15, 0.2) is 0 Å². The van der Waals surface area contributed by atoms with Gasteiger partial charge in [-0.25, -0.2) is 9.36 Å². The lowest BCUT2D eigenvalue weighted by Gasteiger charge is -2.27. The number of aromatic amines is 1. The lowest BCUT2D eigenvalue weighted by Crippen LogP contribution is -2.38. The van der Waals surface area contributed by atoms with E-state index in [2.05, 4.69) is 26.0 Å². The highest BCUT2D eigenvalue weighted by molar-refractivity contribution is 9.11. The molecule has 1 aliphatic carbocycles. The number of halogens is 1. The molecule has 1 aliphatic heterocycles. The van der Waals surface area contributed by atoms with E-state index in [1.807, 2.05) is 0 Å². The van der Waals surface area contributed by atoms with Crippen LogP contribution in [0.3, 0.4) is 0 Å². The molecular weight excluding hydrogens is 609 g/mol. The van der Waals surface area contributed by atoms with Crippen LogP contribution in [-0.4, -0.2) is 51.6 Å². The van der Waals surface area contributed by atoms with Crippen molar-refractivity contribution in [1.29, 1.82) is 0 Å². The van der Waals surface area contributed by atoms with Crippen molar-refractivity contribution >= 4 is 35.7 Å². The Morgan fingerprint density at radius 1 is 1.27 bits per heavy atom. The van der Waals surface area contributed by atoms with Gasteiger partial charge in [-0.3, -0.25) is 23.7 Å². The lowest BCUT2D eigenvalue weighted by atomic mass is 9.98. The molecule has 1 saturated carbocycles. The number of esters is 1. The molecule has 4 rings (SSSR count). The summed E-state index contributed by atoms with van der Waals surface area (Å²) < 4.78 is 37.7. The molecule has 3 N–H and O–H groups in total. The molecule has 0 spiro atoms. The van der Waals surface area contributed by atoms with Crippen LogP contribution < -0.4 is 20.9 Å². The number of rotatable bonds is 11. The Balaban J connectivity index is 1.45. The van der Waals surface area contributed by atoms with Gasteiger partial charge in [-0.05, 0) is 55.8 Å². The van der Waals surface area contributed by atoms with Gasteiger partial charge in [0.2, 0.25) is 0 Å². The number of hydrogen-bond donors (Lipinski definition) is 3. The third kappa shape index (κ3) is 8.02. The molecular formula is C26H33BrN3O9P. The van der Waals surface area contributed by atoms with Gasteiger partial charge in [0.25, 0.3) is 5.56 Å². The van der Waals surface area contributed by atoms with Crippen molar-refractivity contribution in [1.82, 2.24) is 14.6 Å². The minimum atomic E-state index is -4.18. The number of hydrogen-bond acceptors (Lipinski definition) is 9. The van der Waals surface area contributed by atoms with E-state index in [-0.39, 0.29) is 30.4 Å². The molecule has 1 saturated heterocycles. The van der Waals surface area contributed by atoms with E-state index in [1.54, 1.807) is 30.3 Å². The van der Waals surface area contributed by atoms with Gasteiger partial charge in [0.1, 0.15) is 30.2 Å². The topological polar surface area (TPSA) is 158 Å². The van der Waals surface area contributed by atoms with Crippen LogP contribution >= 0.6 is 23.7 Å². The van der Waals surface area contributed by atoms with Gasteiger partial charge >= 0.3 is 19.4 Å². The van der Waals surface area contributed by atoms with Crippen LogP contribution in [-0.2, 0) is 23.4 Å². The third-order valence-corrected chi connectivity index (χ3v) is 8.58. The summed E-state index contributed by atoms with van der Waals surface area (Å²) in [5.41, 5.74) is -1.08. The first-order chi connectivity index (χ1) is 19.2. The van der Waals surface area contributed by atoms with Crippen molar-refractivity contribution < 1.29 is 33.0 Å². The second-order valence-electron chi connectivity index (χ2n) is 9.72. The molecule has 2 fully saturated rings. The Morgan fingerprint density at radius 2 is 2.00 bits per heavy atom. The van der Waals surface area contributed by atoms with Crippen molar-refractivity contribution in [2.45, 2.75) is 76.0 Å². The Labute approximate surface area is 239 Å². The second kappa shape index (κ2) is 13.9. The van der Waals surface area contributed by atoms with Crippen LogP contribution in [0.2, 0.25) is 0 Å². The maximum Gasteiger partial charge on any atom is 0.459 e. The van der Waals surface area contributed by atoms with E-state index in [0.29, 0.717) is 0 Å². The molecule has 0 radical (unpaired) electrons. The van der Waals surface area contributed by atoms with Crippen LogP contribution in [0.15, 0.2) is 51.1 Å². The minimum absolute atomic E-state index is 0.0127. The monoisotopic (exact) mass is 641 g/mol. The Bertz CT molecular complexity index is 1340. The van der Waals surface area contributed by atoms with Gasteiger partial charge in [-0.1, -0.05) is 40.5 Å². The zero-order chi connectivity index (χ0) is 28.7. The molecule has 40 heavy (non-hydrogen) atoms. The summed E-state index contributed by atoms with van der Waals surface area (Å²) in [6.07, 6.45) is 4.30. The molecule has 1 aromatic heterocycles. The van der Waals surface area contributed by atoms with Gasteiger partial charge in [0.05, 0.1) is 18.3 Å². The standard InChI is InChI=1S/C26H33BrN3O9P/c1-17(25(33)37-19-8-4-2-5-9-19)29-40(35,39-20-10-6-3-7-11-20)36-16-22-21(31)14-23(38-22)30-15-18(12-13-27)24(32)28-26(30)34/h3,6-7,10-13,15,17,19,21-23,31H,2,4-5,8-9,14,16H2,1H3,(H,29,35)(H,28,32,34)/b13-12+/t17-,21-,22+,23+,40?/m0/s1. The number of carbonyl (C=O) groups excluding carboxylic acids is 1. The molecule has 2 heterocycles. The Kier molecular flexibility index (Phi) is 10.6. The van der Waals surface area contributed by atoms with E-state index in [1.165, 1.54) is 24.2 Å². The number of aromatic nitrogens is 2. The summed E-state index contributed by atoms with van der Waals surface area (Å²) in [5.74, 6) is -0.334. The number of nitrogens with one attached hydrogen (secondary N) is 2. The molecule has 0 amide bonds. The normalized spacial score (nSPS) is 24.0. The molecule has 12 nitrogen and oxygen atoms in total. The number of carbonyl (C=O) groups is 1. The Morgan fingerprint density at radius 3 is 2.70 bits per heavy atom. The van der Waals surface area contributed by atoms with Crippen LogP contribution in [0.4, 0.5) is 0 Å². The van der Waals surface area contributed by atoms with Crippen molar-refractivity contribution in [3.63, 3.8) is 0 Å². The highest BCUT2D eigenvalue weighted by Crippen LogP contribution is 2.46. The summed E-state index contributed by atoms with van der Waals surface area (Å²) in [5, 5.41) is 13.3. The molecule has 2 aliphatic rings. The van der Waals surface area contributed by atoms with Crippen molar-refractivity contribution in [2.75, 3.05) is 6.61 Å². The largest absolute Gasteiger partial charge is 0.461 e. The number of aliphatic hydroxyl groups is 1. The molecule has 2 aromatic rings. The van der Waals surface area contributed by atoms with Gasteiger partial charge in [-0.2, -0.15) is 5.09 Å². The smallest absolute Gasteiger partial charge is 0.459 e. The van der Waals surface area contributed by atoms with E-state index in [9.17, 15) is 24.1 Å². The number of benzene rings is 1. The number of para-hydroxylation sites is 1. The quantitative estimate of drug-likeness (QED) is 0.244. The first-order valence-electron chi connectivity index (χ1n) is 13.1. The average Bonchev–Trinajstić information content (AvgIpc) is 3.30. The average molecular weight is 642 g/mol. The molecule has 5 atom stereocenters. The maximum absolute atomic E-state index is 13.8. The van der Waals surface area contributed by atoms with Crippen LogP contribution in [0.5, 0.6) is 5.75 Å². The summed E-state index contributed by atoms with van der Waals surface area (Å²) in [4.78, 5) is 40.8. The Hall–Kier alpha value is -2.54. The van der Waals surface area contributed by atoms with Crippen LogP contribution in [0.25, 0.3) is 6.08 Å². The number of ether oxygens (including phenoxy) is 2. The molecule has 1 unspecified atom stereocenters.